The van der Waals surface area contributed by atoms with Crippen molar-refractivity contribution in [2.24, 2.45) is 16.7 Å². The Morgan fingerprint density at radius 2 is 1.45 bits per heavy atom. The van der Waals surface area contributed by atoms with E-state index in [2.05, 4.69) is 23.8 Å². The first-order valence-electron chi connectivity index (χ1n) is 9.01. The van der Waals surface area contributed by atoms with Crippen LogP contribution in [-0.4, -0.2) is 49.1 Å². The van der Waals surface area contributed by atoms with Crippen LogP contribution in [0.5, 0.6) is 0 Å². The van der Waals surface area contributed by atoms with E-state index in [9.17, 15) is 0 Å². The molecule has 0 bridgehead atoms. The van der Waals surface area contributed by atoms with Crippen molar-refractivity contribution in [1.29, 1.82) is 0 Å². The van der Waals surface area contributed by atoms with Gasteiger partial charge in [-0.25, -0.2) is 0 Å². The van der Waals surface area contributed by atoms with Crippen LogP contribution in [0.4, 0.5) is 0 Å². The Balaban J connectivity index is 1.26. The Morgan fingerprint density at radius 1 is 0.850 bits per heavy atom. The van der Waals surface area contributed by atoms with E-state index in [4.69, 9.17) is 0 Å². The molecule has 0 atom stereocenters. The molecule has 0 aromatic rings. The first-order valence-corrected chi connectivity index (χ1v) is 9.01. The lowest BCUT2D eigenvalue weighted by Gasteiger charge is -2.56. The van der Waals surface area contributed by atoms with Gasteiger partial charge in [0.1, 0.15) is 0 Å². The fourth-order valence-corrected chi connectivity index (χ4v) is 6.19. The molecule has 0 aromatic carbocycles. The van der Waals surface area contributed by atoms with Crippen LogP contribution in [0, 0.1) is 16.7 Å². The van der Waals surface area contributed by atoms with E-state index in [0.717, 1.165) is 22.8 Å². The lowest BCUT2D eigenvalue weighted by molar-refractivity contribution is -0.0542. The van der Waals surface area contributed by atoms with Gasteiger partial charge in [-0.1, -0.05) is 6.92 Å². The summed E-state index contributed by atoms with van der Waals surface area (Å²) in [5.41, 5.74) is 1.54. The smallest absolute Gasteiger partial charge is 0.00957 e. The molecule has 4 aliphatic rings. The number of piperidine rings is 1. The van der Waals surface area contributed by atoms with Crippen molar-refractivity contribution in [2.75, 3.05) is 33.2 Å². The van der Waals surface area contributed by atoms with Crippen LogP contribution in [0.3, 0.4) is 0 Å². The van der Waals surface area contributed by atoms with Gasteiger partial charge < -0.3 is 9.80 Å². The minimum absolute atomic E-state index is 0.742. The van der Waals surface area contributed by atoms with Gasteiger partial charge in [-0.2, -0.15) is 0 Å². The Hall–Kier alpha value is -0.0800. The molecule has 2 heteroatoms. The fraction of sp³-hybridized carbons (Fsp3) is 1.00. The van der Waals surface area contributed by atoms with Gasteiger partial charge in [0.05, 0.1) is 0 Å². The summed E-state index contributed by atoms with van der Waals surface area (Å²) in [5.74, 6) is 1.02. The Kier molecular flexibility index (Phi) is 3.20. The lowest BCUT2D eigenvalue weighted by Crippen LogP contribution is -2.58. The van der Waals surface area contributed by atoms with Gasteiger partial charge in [0.2, 0.25) is 0 Å². The molecule has 2 heterocycles. The number of likely N-dealkylation sites (tertiary alicyclic amines) is 2. The van der Waals surface area contributed by atoms with E-state index < -0.39 is 0 Å². The summed E-state index contributed by atoms with van der Waals surface area (Å²) in [6.07, 6.45) is 12.0. The summed E-state index contributed by atoms with van der Waals surface area (Å²) >= 11 is 0. The normalized spacial score (nSPS) is 37.8. The Labute approximate surface area is 124 Å². The Morgan fingerprint density at radius 3 is 1.95 bits per heavy atom. The molecular weight excluding hydrogens is 244 g/mol. The first kappa shape index (κ1) is 13.6. The topological polar surface area (TPSA) is 6.48 Å². The third kappa shape index (κ3) is 2.23. The molecule has 0 aromatic heterocycles. The van der Waals surface area contributed by atoms with Crippen molar-refractivity contribution in [2.45, 2.75) is 64.3 Å². The van der Waals surface area contributed by atoms with Crippen molar-refractivity contribution in [1.82, 2.24) is 9.80 Å². The molecule has 114 valence electrons. The summed E-state index contributed by atoms with van der Waals surface area (Å²) < 4.78 is 0. The SMILES string of the molecule is CC1CC2(CCN(C3CCC4(CC3)CN(C)C4)CC2)C1. The second-order valence-corrected chi connectivity index (χ2v) is 8.95. The van der Waals surface area contributed by atoms with Crippen molar-refractivity contribution < 1.29 is 0 Å². The van der Waals surface area contributed by atoms with E-state index in [1.807, 2.05) is 0 Å². The molecule has 0 radical (unpaired) electrons. The number of hydrogen-bond donors (Lipinski definition) is 0. The van der Waals surface area contributed by atoms with Crippen LogP contribution >= 0.6 is 0 Å². The van der Waals surface area contributed by atoms with Crippen molar-refractivity contribution in [3.63, 3.8) is 0 Å². The zero-order chi connectivity index (χ0) is 13.8. The van der Waals surface area contributed by atoms with Gasteiger partial charge in [0.25, 0.3) is 0 Å². The largest absolute Gasteiger partial charge is 0.305 e. The average molecular weight is 276 g/mol. The van der Waals surface area contributed by atoms with Gasteiger partial charge in [0, 0.05) is 19.1 Å². The van der Waals surface area contributed by atoms with E-state index in [1.165, 1.54) is 77.5 Å². The van der Waals surface area contributed by atoms with Crippen LogP contribution in [0.1, 0.15) is 58.3 Å². The summed E-state index contributed by atoms with van der Waals surface area (Å²) in [4.78, 5) is 5.37. The number of rotatable bonds is 1. The van der Waals surface area contributed by atoms with Gasteiger partial charge in [-0.05, 0) is 88.3 Å². The van der Waals surface area contributed by atoms with E-state index in [1.54, 1.807) is 0 Å². The molecule has 0 amide bonds. The maximum Gasteiger partial charge on any atom is 0.00957 e. The summed E-state index contributed by atoms with van der Waals surface area (Å²) in [6, 6.07) is 0.932. The minimum atomic E-state index is 0.742. The summed E-state index contributed by atoms with van der Waals surface area (Å²) in [6.45, 7) is 8.00. The monoisotopic (exact) mass is 276 g/mol. The molecule has 4 fully saturated rings. The maximum absolute atomic E-state index is 2.86. The van der Waals surface area contributed by atoms with Gasteiger partial charge in [0.15, 0.2) is 0 Å². The number of nitrogens with zero attached hydrogens (tertiary/aromatic N) is 2. The van der Waals surface area contributed by atoms with E-state index in [0.29, 0.717) is 0 Å². The quantitative estimate of drug-likeness (QED) is 0.724. The summed E-state index contributed by atoms with van der Waals surface area (Å²) in [5, 5.41) is 0. The fourth-order valence-electron chi connectivity index (χ4n) is 6.19. The highest BCUT2D eigenvalue weighted by molar-refractivity contribution is 5.00. The second kappa shape index (κ2) is 4.71. The molecule has 2 aliphatic heterocycles. The predicted octanol–water partition coefficient (Wildman–Crippen LogP) is 3.37. The van der Waals surface area contributed by atoms with Crippen LogP contribution < -0.4 is 0 Å². The second-order valence-electron chi connectivity index (χ2n) is 8.95. The molecule has 0 N–H and O–H groups in total. The molecule has 0 unspecified atom stereocenters. The van der Waals surface area contributed by atoms with Crippen LogP contribution in [0.25, 0.3) is 0 Å². The zero-order valence-corrected chi connectivity index (χ0v) is 13.5. The highest BCUT2D eigenvalue weighted by Gasteiger charge is 2.47. The third-order valence-electron chi connectivity index (χ3n) is 7.16. The van der Waals surface area contributed by atoms with Crippen LogP contribution in [-0.2, 0) is 0 Å². The summed E-state index contributed by atoms with van der Waals surface area (Å²) in [7, 11) is 2.28. The van der Waals surface area contributed by atoms with Crippen LogP contribution in [0.15, 0.2) is 0 Å². The first-order chi connectivity index (χ1) is 9.58. The molecule has 4 rings (SSSR count). The maximum atomic E-state index is 2.86. The zero-order valence-electron chi connectivity index (χ0n) is 13.5. The highest BCUT2D eigenvalue weighted by Crippen LogP contribution is 2.53. The lowest BCUT2D eigenvalue weighted by atomic mass is 9.58. The number of hydrogen-bond acceptors (Lipinski definition) is 2. The standard InChI is InChI=1S/C18H32N2/c1-15-11-17(12-15)7-9-20(10-8-17)16-3-5-18(6-4-16)13-19(2)14-18/h15-16H,3-14H2,1-2H3. The minimum Gasteiger partial charge on any atom is -0.305 e. The molecule has 2 nitrogen and oxygen atoms in total. The van der Waals surface area contributed by atoms with Crippen molar-refractivity contribution >= 4 is 0 Å². The molecule has 2 aliphatic carbocycles. The Bertz CT molecular complexity index is 310. The molecule has 2 saturated carbocycles. The van der Waals surface area contributed by atoms with Crippen molar-refractivity contribution in [3.05, 3.63) is 0 Å². The molecule has 2 saturated heterocycles. The van der Waals surface area contributed by atoms with Gasteiger partial charge >= 0.3 is 0 Å². The van der Waals surface area contributed by atoms with Crippen LogP contribution in [0.2, 0.25) is 0 Å². The van der Waals surface area contributed by atoms with E-state index >= 15 is 0 Å². The molecule has 2 spiro atoms. The average Bonchev–Trinajstić information content (AvgIpc) is 2.38. The van der Waals surface area contributed by atoms with Gasteiger partial charge in [-0.3, -0.25) is 0 Å². The predicted molar refractivity (Wildman–Crippen MR) is 83.8 cm³/mol. The highest BCUT2D eigenvalue weighted by atomic mass is 15.2. The van der Waals surface area contributed by atoms with Gasteiger partial charge in [-0.15, -0.1) is 0 Å². The van der Waals surface area contributed by atoms with E-state index in [-0.39, 0.29) is 0 Å². The molecule has 20 heavy (non-hydrogen) atoms. The third-order valence-corrected chi connectivity index (χ3v) is 7.16. The van der Waals surface area contributed by atoms with Crippen molar-refractivity contribution in [3.8, 4) is 0 Å². The molecular formula is C18H32N2.